The summed E-state index contributed by atoms with van der Waals surface area (Å²) in [6.07, 6.45) is 1.90. The Labute approximate surface area is 109 Å². The van der Waals surface area contributed by atoms with Crippen molar-refractivity contribution < 1.29 is 18.3 Å². The van der Waals surface area contributed by atoms with Gasteiger partial charge < -0.3 is 5.11 Å². The normalized spacial score (nSPS) is 19.7. The number of hydrogen-bond acceptors (Lipinski definition) is 2. The summed E-state index contributed by atoms with van der Waals surface area (Å²) >= 11 is 0. The van der Waals surface area contributed by atoms with Crippen LogP contribution in [0.3, 0.4) is 0 Å². The molecule has 2 nitrogen and oxygen atoms in total. The molecule has 1 aliphatic rings. The number of aliphatic hydroxyl groups is 1. The van der Waals surface area contributed by atoms with Crippen LogP contribution in [0.15, 0.2) is 12.1 Å². The first-order valence-electron chi connectivity index (χ1n) is 6.24. The first-order chi connectivity index (χ1) is 9.00. The van der Waals surface area contributed by atoms with Crippen molar-refractivity contribution in [2.24, 2.45) is 5.41 Å². The van der Waals surface area contributed by atoms with Crippen molar-refractivity contribution in [3.63, 3.8) is 0 Å². The molecule has 0 bridgehead atoms. The molecule has 1 fully saturated rings. The Balaban J connectivity index is 2.40. The van der Waals surface area contributed by atoms with Gasteiger partial charge in [-0.15, -0.1) is 0 Å². The van der Waals surface area contributed by atoms with Crippen molar-refractivity contribution in [2.75, 3.05) is 0 Å². The molecule has 2 rings (SSSR count). The van der Waals surface area contributed by atoms with Gasteiger partial charge in [0.25, 0.3) is 0 Å². The molecule has 0 saturated heterocycles. The van der Waals surface area contributed by atoms with E-state index in [2.05, 4.69) is 0 Å². The van der Waals surface area contributed by atoms with Crippen molar-refractivity contribution in [2.45, 2.75) is 38.2 Å². The standard InChI is InChI=1S/C14H14F3NO/c15-10-7-12(17)11(16)6-9(10)13(19)14(8-18)4-2-1-3-5-14/h6-7,13,19H,1-5H2. The fraction of sp³-hybridized carbons (Fsp3) is 0.500. The SMILES string of the molecule is N#CC1(C(O)c2cc(F)c(F)cc2F)CCCCC1. The minimum Gasteiger partial charge on any atom is -0.387 e. The highest BCUT2D eigenvalue weighted by molar-refractivity contribution is 5.26. The van der Waals surface area contributed by atoms with Gasteiger partial charge in [-0.2, -0.15) is 5.26 Å². The quantitative estimate of drug-likeness (QED) is 0.833. The topological polar surface area (TPSA) is 44.0 Å². The van der Waals surface area contributed by atoms with E-state index in [1.165, 1.54) is 0 Å². The molecule has 0 aliphatic heterocycles. The van der Waals surface area contributed by atoms with Crippen molar-refractivity contribution in [1.82, 2.24) is 0 Å². The largest absolute Gasteiger partial charge is 0.387 e. The molecule has 0 aromatic heterocycles. The minimum absolute atomic E-state index is 0.345. The molecule has 1 atom stereocenters. The van der Waals surface area contributed by atoms with Gasteiger partial charge >= 0.3 is 0 Å². The van der Waals surface area contributed by atoms with Gasteiger partial charge in [0.2, 0.25) is 0 Å². The maximum absolute atomic E-state index is 13.7. The van der Waals surface area contributed by atoms with E-state index in [4.69, 9.17) is 0 Å². The number of aliphatic hydroxyl groups excluding tert-OH is 1. The average Bonchev–Trinajstić information content (AvgIpc) is 2.43. The predicted octanol–water partition coefficient (Wildman–Crippen LogP) is 3.61. The lowest BCUT2D eigenvalue weighted by molar-refractivity contribution is 0.0330. The van der Waals surface area contributed by atoms with Gasteiger partial charge in [-0.25, -0.2) is 13.2 Å². The van der Waals surface area contributed by atoms with Crippen LogP contribution in [-0.4, -0.2) is 5.11 Å². The molecule has 1 aromatic rings. The number of nitrogens with zero attached hydrogens (tertiary/aromatic N) is 1. The molecule has 102 valence electrons. The predicted molar refractivity (Wildman–Crippen MR) is 62.4 cm³/mol. The Hall–Kier alpha value is -1.54. The second kappa shape index (κ2) is 5.22. The van der Waals surface area contributed by atoms with Gasteiger partial charge in [-0.3, -0.25) is 0 Å². The summed E-state index contributed by atoms with van der Waals surface area (Å²) in [5.74, 6) is -3.55. The Morgan fingerprint density at radius 3 is 2.21 bits per heavy atom. The fourth-order valence-corrected chi connectivity index (χ4v) is 2.67. The van der Waals surface area contributed by atoms with E-state index in [0.717, 1.165) is 19.3 Å². The molecule has 0 amide bonds. The highest BCUT2D eigenvalue weighted by Crippen LogP contribution is 2.46. The molecule has 5 heteroatoms. The molecule has 1 unspecified atom stereocenters. The zero-order valence-electron chi connectivity index (χ0n) is 10.3. The molecule has 1 N–H and O–H groups in total. The van der Waals surface area contributed by atoms with Crippen LogP contribution in [0.1, 0.15) is 43.8 Å². The van der Waals surface area contributed by atoms with Crippen LogP contribution in [0.25, 0.3) is 0 Å². The maximum Gasteiger partial charge on any atom is 0.161 e. The first-order valence-corrected chi connectivity index (χ1v) is 6.24. The van der Waals surface area contributed by atoms with Gasteiger partial charge in [-0.1, -0.05) is 19.3 Å². The molecule has 19 heavy (non-hydrogen) atoms. The van der Waals surface area contributed by atoms with E-state index in [1.807, 2.05) is 6.07 Å². The van der Waals surface area contributed by atoms with Gasteiger partial charge in [0, 0.05) is 11.6 Å². The lowest BCUT2D eigenvalue weighted by Gasteiger charge is -2.35. The van der Waals surface area contributed by atoms with Crippen LogP contribution in [-0.2, 0) is 0 Å². The third kappa shape index (κ3) is 2.45. The van der Waals surface area contributed by atoms with Gasteiger partial charge in [0.1, 0.15) is 11.9 Å². The fourth-order valence-electron chi connectivity index (χ4n) is 2.67. The van der Waals surface area contributed by atoms with E-state index >= 15 is 0 Å². The minimum atomic E-state index is -1.44. The van der Waals surface area contributed by atoms with E-state index in [9.17, 15) is 23.5 Å². The Kier molecular flexibility index (Phi) is 3.81. The molecule has 0 spiro atoms. The lowest BCUT2D eigenvalue weighted by Crippen LogP contribution is -2.30. The third-order valence-electron chi connectivity index (χ3n) is 3.83. The molecule has 1 aromatic carbocycles. The smallest absolute Gasteiger partial charge is 0.161 e. The summed E-state index contributed by atoms with van der Waals surface area (Å²) in [4.78, 5) is 0. The van der Waals surface area contributed by atoms with Crippen LogP contribution < -0.4 is 0 Å². The summed E-state index contributed by atoms with van der Waals surface area (Å²) in [7, 11) is 0. The number of benzene rings is 1. The van der Waals surface area contributed by atoms with Crippen molar-refractivity contribution in [3.8, 4) is 6.07 Å². The number of hydrogen-bond donors (Lipinski definition) is 1. The highest BCUT2D eigenvalue weighted by atomic mass is 19.2. The van der Waals surface area contributed by atoms with E-state index in [0.29, 0.717) is 25.0 Å². The molecular weight excluding hydrogens is 255 g/mol. The van der Waals surface area contributed by atoms with Crippen LogP contribution >= 0.6 is 0 Å². The van der Waals surface area contributed by atoms with Gasteiger partial charge in [0.15, 0.2) is 11.6 Å². The molecular formula is C14H14F3NO. The van der Waals surface area contributed by atoms with E-state index in [-0.39, 0.29) is 5.56 Å². The Bertz CT molecular complexity index is 518. The summed E-state index contributed by atoms with van der Waals surface area (Å²) in [5.41, 5.74) is -1.45. The highest BCUT2D eigenvalue weighted by Gasteiger charge is 2.41. The molecule has 0 heterocycles. The van der Waals surface area contributed by atoms with E-state index < -0.39 is 29.0 Å². The summed E-state index contributed by atoms with van der Waals surface area (Å²) in [5, 5.41) is 19.5. The number of nitriles is 1. The first kappa shape index (κ1) is 13.9. The van der Waals surface area contributed by atoms with Crippen LogP contribution in [0.2, 0.25) is 0 Å². The molecule has 1 aliphatic carbocycles. The summed E-state index contributed by atoms with van der Waals surface area (Å²) < 4.78 is 39.7. The number of rotatable bonds is 2. The van der Waals surface area contributed by atoms with Gasteiger partial charge in [0.05, 0.1) is 11.5 Å². The third-order valence-corrected chi connectivity index (χ3v) is 3.83. The van der Waals surface area contributed by atoms with Crippen molar-refractivity contribution >= 4 is 0 Å². The molecule has 0 radical (unpaired) electrons. The van der Waals surface area contributed by atoms with E-state index in [1.54, 1.807) is 0 Å². The Morgan fingerprint density at radius 2 is 1.63 bits per heavy atom. The zero-order valence-corrected chi connectivity index (χ0v) is 10.3. The van der Waals surface area contributed by atoms with Crippen LogP contribution in [0.4, 0.5) is 13.2 Å². The summed E-state index contributed by atoms with van der Waals surface area (Å²) in [6.45, 7) is 0. The van der Waals surface area contributed by atoms with Gasteiger partial charge in [-0.05, 0) is 18.9 Å². The van der Waals surface area contributed by atoms with Crippen molar-refractivity contribution in [3.05, 3.63) is 35.1 Å². The number of halogens is 3. The lowest BCUT2D eigenvalue weighted by atomic mass is 9.69. The second-order valence-corrected chi connectivity index (χ2v) is 5.02. The monoisotopic (exact) mass is 269 g/mol. The zero-order chi connectivity index (χ0) is 14.0. The van der Waals surface area contributed by atoms with Crippen LogP contribution in [0.5, 0.6) is 0 Å². The summed E-state index contributed by atoms with van der Waals surface area (Å²) in [6, 6.07) is 3.09. The molecule has 1 saturated carbocycles. The average molecular weight is 269 g/mol. The van der Waals surface area contributed by atoms with Crippen molar-refractivity contribution in [1.29, 1.82) is 5.26 Å². The van der Waals surface area contributed by atoms with Crippen LogP contribution in [0, 0.1) is 34.2 Å². The maximum atomic E-state index is 13.7. The Morgan fingerprint density at radius 1 is 1.05 bits per heavy atom. The second-order valence-electron chi connectivity index (χ2n) is 5.02.